The lowest BCUT2D eigenvalue weighted by Gasteiger charge is -2.37. The highest BCUT2D eigenvalue weighted by atomic mass is 19.1. The van der Waals surface area contributed by atoms with E-state index in [0.717, 1.165) is 48.4 Å². The topological polar surface area (TPSA) is 84.1 Å². The first kappa shape index (κ1) is 23.8. The Balaban J connectivity index is 1.38. The van der Waals surface area contributed by atoms with Crippen LogP contribution in [-0.2, 0) is 10.2 Å². The number of hydrogen-bond donors (Lipinski definition) is 1. The van der Waals surface area contributed by atoms with Gasteiger partial charge in [-0.1, -0.05) is 30.3 Å². The number of carboxylic acids is 1. The van der Waals surface area contributed by atoms with Crippen LogP contribution >= 0.6 is 0 Å². The fourth-order valence-corrected chi connectivity index (χ4v) is 4.93. The number of nitrogens with zero attached hydrogens (tertiary/aromatic N) is 5. The SMILES string of the molecule is CC(CN1CCC(c2cc(-c3ccc(F)cc3)nn2-c2ncccn2)CC1)(C(=O)O)c1ccccc1. The van der Waals surface area contributed by atoms with Gasteiger partial charge in [-0.15, -0.1) is 0 Å². The summed E-state index contributed by atoms with van der Waals surface area (Å²) in [5.74, 6) is -0.412. The number of hydrogen-bond acceptors (Lipinski definition) is 5. The van der Waals surface area contributed by atoms with Crippen molar-refractivity contribution in [1.82, 2.24) is 24.6 Å². The Kier molecular flexibility index (Phi) is 6.61. The fourth-order valence-electron chi connectivity index (χ4n) is 4.93. The van der Waals surface area contributed by atoms with E-state index in [4.69, 9.17) is 5.10 Å². The Labute approximate surface area is 209 Å². The molecular weight excluding hydrogens is 457 g/mol. The molecular formula is C28H28FN5O2. The summed E-state index contributed by atoms with van der Waals surface area (Å²) < 4.78 is 15.3. The zero-order chi connectivity index (χ0) is 25.1. The number of piperidine rings is 1. The highest BCUT2D eigenvalue weighted by molar-refractivity contribution is 5.81. The van der Waals surface area contributed by atoms with Crippen LogP contribution < -0.4 is 0 Å². The van der Waals surface area contributed by atoms with Crippen molar-refractivity contribution in [2.45, 2.75) is 31.1 Å². The Bertz CT molecular complexity index is 1320. The van der Waals surface area contributed by atoms with Gasteiger partial charge in [0.1, 0.15) is 11.2 Å². The maximum absolute atomic E-state index is 13.5. The zero-order valence-electron chi connectivity index (χ0n) is 20.1. The lowest BCUT2D eigenvalue weighted by molar-refractivity contribution is -0.144. The smallest absolute Gasteiger partial charge is 0.315 e. The minimum absolute atomic E-state index is 0.208. The number of halogens is 1. The largest absolute Gasteiger partial charge is 0.481 e. The molecule has 184 valence electrons. The molecule has 0 radical (unpaired) electrons. The quantitative estimate of drug-likeness (QED) is 0.409. The van der Waals surface area contributed by atoms with Crippen molar-refractivity contribution in [3.05, 3.63) is 96.2 Å². The molecule has 1 aliphatic rings. The van der Waals surface area contributed by atoms with Gasteiger partial charge in [-0.3, -0.25) is 4.79 Å². The van der Waals surface area contributed by atoms with Crippen LogP contribution in [0.4, 0.5) is 4.39 Å². The minimum Gasteiger partial charge on any atom is -0.481 e. The van der Waals surface area contributed by atoms with E-state index < -0.39 is 11.4 Å². The molecule has 2 aromatic heterocycles. The third kappa shape index (κ3) is 4.77. The molecule has 3 heterocycles. The molecule has 0 saturated carbocycles. The van der Waals surface area contributed by atoms with Gasteiger partial charge in [-0.05, 0) is 74.8 Å². The molecule has 4 aromatic rings. The van der Waals surface area contributed by atoms with Gasteiger partial charge in [0, 0.05) is 30.4 Å². The highest BCUT2D eigenvalue weighted by Crippen LogP contribution is 2.34. The fraction of sp³-hybridized carbons (Fsp3) is 0.286. The predicted octanol–water partition coefficient (Wildman–Crippen LogP) is 4.69. The lowest BCUT2D eigenvalue weighted by atomic mass is 9.81. The van der Waals surface area contributed by atoms with Gasteiger partial charge >= 0.3 is 5.97 Å². The Morgan fingerprint density at radius 3 is 2.33 bits per heavy atom. The summed E-state index contributed by atoms with van der Waals surface area (Å²) in [7, 11) is 0. The van der Waals surface area contributed by atoms with Crippen LogP contribution in [0.3, 0.4) is 0 Å². The van der Waals surface area contributed by atoms with Gasteiger partial charge in [0.2, 0.25) is 0 Å². The minimum atomic E-state index is -0.983. The molecule has 0 amide bonds. The molecule has 36 heavy (non-hydrogen) atoms. The van der Waals surface area contributed by atoms with Crippen LogP contribution in [0, 0.1) is 5.82 Å². The first-order valence-corrected chi connectivity index (χ1v) is 12.1. The number of carbonyl (C=O) groups is 1. The van der Waals surface area contributed by atoms with Gasteiger partial charge in [-0.25, -0.2) is 19.0 Å². The van der Waals surface area contributed by atoms with Crippen LogP contribution in [0.25, 0.3) is 17.2 Å². The van der Waals surface area contributed by atoms with E-state index in [-0.39, 0.29) is 11.7 Å². The van der Waals surface area contributed by atoms with E-state index in [1.165, 1.54) is 12.1 Å². The standard InChI is InChI=1S/C28H28FN5O2/c1-28(26(35)36,22-6-3-2-4-7-22)19-33-16-12-21(13-17-33)25-18-24(20-8-10-23(29)11-9-20)32-34(25)27-30-14-5-15-31-27/h2-11,14-15,18,21H,12-13,16-17,19H2,1H3,(H,35,36). The number of benzene rings is 2. The van der Waals surface area contributed by atoms with E-state index in [2.05, 4.69) is 14.9 Å². The van der Waals surface area contributed by atoms with Gasteiger partial charge in [-0.2, -0.15) is 5.10 Å². The van der Waals surface area contributed by atoms with Gasteiger partial charge in [0.05, 0.1) is 11.4 Å². The van der Waals surface area contributed by atoms with Crippen molar-refractivity contribution >= 4 is 5.97 Å². The number of likely N-dealkylation sites (tertiary alicyclic amines) is 1. The first-order chi connectivity index (χ1) is 17.4. The number of aliphatic carboxylic acids is 1. The third-order valence-corrected chi connectivity index (χ3v) is 7.05. The molecule has 1 N–H and O–H groups in total. The summed E-state index contributed by atoms with van der Waals surface area (Å²) in [6, 6.07) is 19.5. The van der Waals surface area contributed by atoms with Crippen LogP contribution in [0.1, 0.15) is 36.9 Å². The van der Waals surface area contributed by atoms with Crippen LogP contribution in [0.2, 0.25) is 0 Å². The average Bonchev–Trinajstić information content (AvgIpc) is 3.36. The average molecular weight is 486 g/mol. The van der Waals surface area contributed by atoms with E-state index in [9.17, 15) is 14.3 Å². The second-order valence-electron chi connectivity index (χ2n) is 9.48. The summed E-state index contributed by atoms with van der Waals surface area (Å²) in [5, 5.41) is 14.8. The number of rotatable bonds is 7. The van der Waals surface area contributed by atoms with Crippen molar-refractivity contribution < 1.29 is 14.3 Å². The van der Waals surface area contributed by atoms with Crippen LogP contribution in [0.5, 0.6) is 0 Å². The third-order valence-electron chi connectivity index (χ3n) is 7.05. The molecule has 8 heteroatoms. The highest BCUT2D eigenvalue weighted by Gasteiger charge is 2.38. The monoisotopic (exact) mass is 485 g/mol. The van der Waals surface area contributed by atoms with E-state index >= 15 is 0 Å². The molecule has 1 unspecified atom stereocenters. The Morgan fingerprint density at radius 1 is 1.03 bits per heavy atom. The maximum atomic E-state index is 13.5. The molecule has 7 nitrogen and oxygen atoms in total. The normalized spacial score (nSPS) is 16.5. The zero-order valence-corrected chi connectivity index (χ0v) is 20.1. The molecule has 0 aliphatic carbocycles. The molecule has 1 atom stereocenters. The Morgan fingerprint density at radius 2 is 1.69 bits per heavy atom. The van der Waals surface area contributed by atoms with Crippen molar-refractivity contribution in [2.75, 3.05) is 19.6 Å². The van der Waals surface area contributed by atoms with Crippen molar-refractivity contribution in [3.8, 4) is 17.2 Å². The summed E-state index contributed by atoms with van der Waals surface area (Å²) in [4.78, 5) is 23.3. The predicted molar refractivity (Wildman–Crippen MR) is 134 cm³/mol. The second kappa shape index (κ2) is 9.99. The van der Waals surface area contributed by atoms with E-state index in [1.807, 2.05) is 36.4 Å². The van der Waals surface area contributed by atoms with Crippen LogP contribution in [-0.4, -0.2) is 55.4 Å². The van der Waals surface area contributed by atoms with Crippen molar-refractivity contribution in [3.63, 3.8) is 0 Å². The van der Waals surface area contributed by atoms with Crippen LogP contribution in [0.15, 0.2) is 79.1 Å². The maximum Gasteiger partial charge on any atom is 0.315 e. The molecule has 0 bridgehead atoms. The molecule has 2 aromatic carbocycles. The Hall–Kier alpha value is -3.91. The summed E-state index contributed by atoms with van der Waals surface area (Å²) in [5.41, 5.74) is 2.39. The summed E-state index contributed by atoms with van der Waals surface area (Å²) in [6.45, 7) is 3.79. The molecule has 1 fully saturated rings. The summed E-state index contributed by atoms with van der Waals surface area (Å²) in [6.07, 6.45) is 5.08. The van der Waals surface area contributed by atoms with E-state index in [0.29, 0.717) is 12.5 Å². The number of aromatic nitrogens is 4. The van der Waals surface area contributed by atoms with Crippen molar-refractivity contribution in [1.29, 1.82) is 0 Å². The molecule has 0 spiro atoms. The molecule has 1 aliphatic heterocycles. The van der Waals surface area contributed by atoms with Gasteiger partial charge < -0.3 is 10.0 Å². The summed E-state index contributed by atoms with van der Waals surface area (Å²) >= 11 is 0. The van der Waals surface area contributed by atoms with Gasteiger partial charge in [0.25, 0.3) is 5.95 Å². The lowest BCUT2D eigenvalue weighted by Crippen LogP contribution is -2.47. The molecule has 1 saturated heterocycles. The van der Waals surface area contributed by atoms with E-state index in [1.54, 1.807) is 42.2 Å². The molecule has 5 rings (SSSR count). The first-order valence-electron chi connectivity index (χ1n) is 12.1. The van der Waals surface area contributed by atoms with Gasteiger partial charge in [0.15, 0.2) is 0 Å². The second-order valence-corrected chi connectivity index (χ2v) is 9.48. The van der Waals surface area contributed by atoms with Crippen molar-refractivity contribution in [2.24, 2.45) is 0 Å². The number of carboxylic acid groups (broad SMARTS) is 1.